The second-order valence-corrected chi connectivity index (χ2v) is 9.19. The maximum Gasteiger partial charge on any atom is 0.253 e. The van der Waals surface area contributed by atoms with Crippen LogP contribution in [0.3, 0.4) is 0 Å². The molecule has 0 saturated carbocycles. The molecule has 1 N–H and O–H groups in total. The molecule has 0 aromatic heterocycles. The van der Waals surface area contributed by atoms with E-state index in [9.17, 15) is 14.0 Å². The van der Waals surface area contributed by atoms with Crippen LogP contribution in [0.1, 0.15) is 34.3 Å². The zero-order valence-corrected chi connectivity index (χ0v) is 19.3. The van der Waals surface area contributed by atoms with Gasteiger partial charge in [0, 0.05) is 63.8 Å². The molecule has 0 unspecified atom stereocenters. The molecule has 2 fully saturated rings. The summed E-state index contributed by atoms with van der Waals surface area (Å²) in [6.45, 7) is 6.90. The van der Waals surface area contributed by atoms with Gasteiger partial charge in [0.05, 0.1) is 0 Å². The summed E-state index contributed by atoms with van der Waals surface area (Å²) in [6, 6.07) is 14.1. The molecule has 0 radical (unpaired) electrons. The van der Waals surface area contributed by atoms with Gasteiger partial charge in [-0.2, -0.15) is 0 Å². The Kier molecular flexibility index (Phi) is 7.73. The van der Waals surface area contributed by atoms with Gasteiger partial charge in [0.1, 0.15) is 5.82 Å². The molecule has 0 atom stereocenters. The Balaban J connectivity index is 1.23. The number of likely N-dealkylation sites (N-methyl/N-ethyl adjacent to an activating group) is 1. The lowest BCUT2D eigenvalue weighted by molar-refractivity contribution is -0.126. The van der Waals surface area contributed by atoms with Crippen molar-refractivity contribution in [2.45, 2.75) is 25.9 Å². The molecule has 6 nitrogen and oxygen atoms in total. The number of nitrogens with one attached hydrogen (secondary N) is 1. The summed E-state index contributed by atoms with van der Waals surface area (Å²) >= 11 is 0. The normalized spacial score (nSPS) is 18.3. The highest BCUT2D eigenvalue weighted by atomic mass is 19.1. The summed E-state index contributed by atoms with van der Waals surface area (Å²) in [5.41, 5.74) is 2.87. The summed E-state index contributed by atoms with van der Waals surface area (Å²) in [7, 11) is 2.16. The van der Waals surface area contributed by atoms with Gasteiger partial charge in [-0.25, -0.2) is 4.39 Å². The van der Waals surface area contributed by atoms with Crippen molar-refractivity contribution in [3.05, 3.63) is 71.0 Å². The first-order valence-electron chi connectivity index (χ1n) is 11.8. The quantitative estimate of drug-likeness (QED) is 0.732. The molecule has 2 heterocycles. The van der Waals surface area contributed by atoms with Gasteiger partial charge in [-0.15, -0.1) is 0 Å². The molecule has 2 aromatic rings. The number of rotatable bonds is 6. The van der Waals surface area contributed by atoms with Crippen molar-refractivity contribution in [2.24, 2.45) is 5.92 Å². The number of carbonyl (C=O) groups is 2. The van der Waals surface area contributed by atoms with E-state index in [1.165, 1.54) is 29.8 Å². The summed E-state index contributed by atoms with van der Waals surface area (Å²) in [5, 5.41) is 3.08. The molecule has 7 heteroatoms. The Hall–Kier alpha value is -2.77. The van der Waals surface area contributed by atoms with E-state index in [0.29, 0.717) is 38.0 Å². The van der Waals surface area contributed by atoms with Crippen molar-refractivity contribution in [1.29, 1.82) is 0 Å². The van der Waals surface area contributed by atoms with E-state index in [2.05, 4.69) is 46.4 Å². The zero-order chi connectivity index (χ0) is 23.2. The number of halogens is 1. The smallest absolute Gasteiger partial charge is 0.253 e. The molecule has 2 saturated heterocycles. The minimum atomic E-state index is -0.355. The Labute approximate surface area is 195 Å². The van der Waals surface area contributed by atoms with E-state index in [1.807, 2.05) is 0 Å². The molecule has 2 aliphatic rings. The summed E-state index contributed by atoms with van der Waals surface area (Å²) in [6.07, 6.45) is 1.28. The molecule has 176 valence electrons. The van der Waals surface area contributed by atoms with Crippen LogP contribution in [0.5, 0.6) is 0 Å². The molecule has 33 heavy (non-hydrogen) atoms. The van der Waals surface area contributed by atoms with Crippen LogP contribution in [-0.2, 0) is 17.9 Å². The van der Waals surface area contributed by atoms with Gasteiger partial charge in [0.25, 0.3) is 5.91 Å². The molecule has 2 aliphatic heterocycles. The first kappa shape index (κ1) is 23.4. The highest BCUT2D eigenvalue weighted by Gasteiger charge is 2.27. The van der Waals surface area contributed by atoms with Gasteiger partial charge in [0.15, 0.2) is 0 Å². The van der Waals surface area contributed by atoms with Crippen LogP contribution in [0.2, 0.25) is 0 Å². The lowest BCUT2D eigenvalue weighted by atomic mass is 9.95. The van der Waals surface area contributed by atoms with Crippen LogP contribution in [0.25, 0.3) is 0 Å². The van der Waals surface area contributed by atoms with Crippen molar-refractivity contribution < 1.29 is 14.0 Å². The van der Waals surface area contributed by atoms with E-state index in [4.69, 9.17) is 0 Å². The first-order chi connectivity index (χ1) is 16.0. The van der Waals surface area contributed by atoms with E-state index < -0.39 is 0 Å². The molecule has 0 spiro atoms. The molecule has 4 rings (SSSR count). The first-order valence-corrected chi connectivity index (χ1v) is 11.8. The number of piperidine rings is 1. The number of likely N-dealkylation sites (tertiary alicyclic amines) is 1. The third-order valence-corrected chi connectivity index (χ3v) is 6.70. The Morgan fingerprint density at radius 3 is 2.30 bits per heavy atom. The van der Waals surface area contributed by atoms with Crippen molar-refractivity contribution in [3.8, 4) is 0 Å². The average Bonchev–Trinajstić information content (AvgIpc) is 2.84. The van der Waals surface area contributed by atoms with Crippen LogP contribution in [-0.4, -0.2) is 72.8 Å². The van der Waals surface area contributed by atoms with Crippen molar-refractivity contribution >= 4 is 11.8 Å². The minimum Gasteiger partial charge on any atom is -0.352 e. The molecular weight excluding hydrogens is 419 g/mol. The van der Waals surface area contributed by atoms with Crippen LogP contribution >= 0.6 is 0 Å². The molecule has 0 aliphatic carbocycles. The number of hydrogen-bond donors (Lipinski definition) is 1. The lowest BCUT2D eigenvalue weighted by Gasteiger charge is -2.32. The number of hydrogen-bond acceptors (Lipinski definition) is 4. The second kappa shape index (κ2) is 10.9. The van der Waals surface area contributed by atoms with E-state index in [1.54, 1.807) is 4.90 Å². The van der Waals surface area contributed by atoms with Gasteiger partial charge in [-0.1, -0.05) is 24.3 Å². The molecule has 2 amide bonds. The number of nitrogens with zero attached hydrogens (tertiary/aromatic N) is 3. The fourth-order valence-corrected chi connectivity index (χ4v) is 4.56. The lowest BCUT2D eigenvalue weighted by Crippen LogP contribution is -2.43. The maximum absolute atomic E-state index is 13.1. The van der Waals surface area contributed by atoms with Gasteiger partial charge < -0.3 is 15.1 Å². The van der Waals surface area contributed by atoms with E-state index in [-0.39, 0.29) is 23.5 Å². The van der Waals surface area contributed by atoms with E-state index in [0.717, 1.165) is 38.3 Å². The molecular formula is C26H33FN4O2. The van der Waals surface area contributed by atoms with Crippen LogP contribution in [0.15, 0.2) is 48.5 Å². The monoisotopic (exact) mass is 452 g/mol. The third kappa shape index (κ3) is 6.39. The van der Waals surface area contributed by atoms with Gasteiger partial charge in [-0.3, -0.25) is 14.5 Å². The number of piperazine rings is 1. The van der Waals surface area contributed by atoms with Gasteiger partial charge in [-0.05, 0) is 55.3 Å². The number of benzene rings is 2. The molecule has 2 aromatic carbocycles. The van der Waals surface area contributed by atoms with Crippen LogP contribution < -0.4 is 5.32 Å². The van der Waals surface area contributed by atoms with Gasteiger partial charge >= 0.3 is 0 Å². The number of amides is 2. The highest BCUT2D eigenvalue weighted by Crippen LogP contribution is 2.20. The predicted octanol–water partition coefficient (Wildman–Crippen LogP) is 2.74. The highest BCUT2D eigenvalue weighted by molar-refractivity contribution is 5.94. The van der Waals surface area contributed by atoms with E-state index >= 15 is 0 Å². The Morgan fingerprint density at radius 1 is 0.939 bits per heavy atom. The number of carbonyl (C=O) groups excluding carboxylic acids is 2. The topological polar surface area (TPSA) is 55.9 Å². The largest absolute Gasteiger partial charge is 0.352 e. The third-order valence-electron chi connectivity index (χ3n) is 6.70. The summed E-state index contributed by atoms with van der Waals surface area (Å²) in [4.78, 5) is 31.9. The van der Waals surface area contributed by atoms with Crippen LogP contribution in [0.4, 0.5) is 4.39 Å². The van der Waals surface area contributed by atoms with Crippen molar-refractivity contribution in [1.82, 2.24) is 20.0 Å². The fraction of sp³-hybridized carbons (Fsp3) is 0.462. The molecule has 0 bridgehead atoms. The predicted molar refractivity (Wildman–Crippen MR) is 126 cm³/mol. The van der Waals surface area contributed by atoms with Crippen molar-refractivity contribution in [2.75, 3.05) is 46.3 Å². The minimum absolute atomic E-state index is 0.0494. The van der Waals surface area contributed by atoms with Crippen LogP contribution in [0, 0.1) is 11.7 Å². The fourth-order valence-electron chi connectivity index (χ4n) is 4.56. The zero-order valence-electron chi connectivity index (χ0n) is 19.3. The Bertz CT molecular complexity index is 949. The van der Waals surface area contributed by atoms with Gasteiger partial charge in [0.2, 0.25) is 5.91 Å². The van der Waals surface area contributed by atoms with Crippen molar-refractivity contribution in [3.63, 3.8) is 0 Å². The standard InChI is InChI=1S/C26H33FN4O2/c1-29-13-15-30(16-14-29)19-21-4-2-3-20(17-21)18-28-25(32)22-9-11-31(12-10-22)26(33)23-5-7-24(27)8-6-23/h2-8,17,22H,9-16,18-19H2,1H3,(H,28,32). The average molecular weight is 453 g/mol. The SMILES string of the molecule is CN1CCN(Cc2cccc(CNC(=O)C3CCN(C(=O)c4ccc(F)cc4)CC3)c2)CC1. The maximum atomic E-state index is 13.1. The summed E-state index contributed by atoms with van der Waals surface area (Å²) < 4.78 is 13.1. The second-order valence-electron chi connectivity index (χ2n) is 9.19. The summed E-state index contributed by atoms with van der Waals surface area (Å²) in [5.74, 6) is -0.498. The Morgan fingerprint density at radius 2 is 1.61 bits per heavy atom.